The van der Waals surface area contributed by atoms with E-state index in [1.54, 1.807) is 0 Å². The molecule has 3 atom stereocenters. The first kappa shape index (κ1) is 27.0. The lowest BCUT2D eigenvalue weighted by atomic mass is 10.2. The van der Waals surface area contributed by atoms with Crippen molar-refractivity contribution in [3.63, 3.8) is 0 Å². The Kier molecular flexibility index (Phi) is 11.1. The summed E-state index contributed by atoms with van der Waals surface area (Å²) in [6, 6.07) is 0. The van der Waals surface area contributed by atoms with E-state index in [0.29, 0.717) is 0 Å². The molecule has 0 aliphatic carbocycles. The van der Waals surface area contributed by atoms with Crippen LogP contribution in [0.5, 0.6) is 0 Å². The zero-order valence-electron chi connectivity index (χ0n) is 15.7. The molecule has 164 valence electrons. The van der Waals surface area contributed by atoms with E-state index in [2.05, 4.69) is 13.6 Å². The summed E-state index contributed by atoms with van der Waals surface area (Å²) in [5, 5.41) is 27.9. The molecule has 0 rings (SSSR count). The van der Waals surface area contributed by atoms with Gasteiger partial charge in [0.25, 0.3) is 0 Å². The minimum absolute atomic E-state index is 0.888. The van der Waals surface area contributed by atoms with Crippen molar-refractivity contribution in [3.05, 3.63) is 0 Å². The fourth-order valence-corrected chi connectivity index (χ4v) is 2.54. The number of rotatable bonds is 15. The molecule has 14 heteroatoms. The van der Waals surface area contributed by atoms with Gasteiger partial charge in [-0.2, -0.15) is 0 Å². The van der Waals surface area contributed by atoms with Gasteiger partial charge in [-0.15, -0.1) is 0 Å². The monoisotopic (exact) mass is 440 g/mol. The molecule has 29 heavy (non-hydrogen) atoms. The van der Waals surface area contributed by atoms with E-state index in [1.165, 1.54) is 0 Å². The van der Waals surface area contributed by atoms with Gasteiger partial charge >= 0.3 is 7.82 Å². The molecule has 0 aliphatic rings. The molecule has 0 spiro atoms. The van der Waals surface area contributed by atoms with Gasteiger partial charge in [-0.25, -0.2) is 4.57 Å². The highest BCUT2D eigenvalue weighted by molar-refractivity contribution is 7.48. The lowest BCUT2D eigenvalue weighted by Gasteiger charge is -2.18. The molecular formula is C15H21O13P. The lowest BCUT2D eigenvalue weighted by Crippen LogP contribution is -2.33. The fourth-order valence-electron chi connectivity index (χ4n) is 1.46. The number of ketones is 6. The molecule has 0 saturated carbocycles. The van der Waals surface area contributed by atoms with E-state index in [1.807, 2.05) is 0 Å². The van der Waals surface area contributed by atoms with E-state index in [9.17, 15) is 48.7 Å². The van der Waals surface area contributed by atoms with Crippen molar-refractivity contribution >= 4 is 42.5 Å². The van der Waals surface area contributed by atoms with Gasteiger partial charge in [-0.1, -0.05) is 0 Å². The molecule has 0 amide bonds. The van der Waals surface area contributed by atoms with Crippen LogP contribution in [0.4, 0.5) is 0 Å². The summed E-state index contributed by atoms with van der Waals surface area (Å²) in [5.41, 5.74) is 0. The average Bonchev–Trinajstić information content (AvgIpc) is 2.66. The van der Waals surface area contributed by atoms with Crippen LogP contribution in [0.15, 0.2) is 0 Å². The number of phosphoric ester groups is 1. The lowest BCUT2D eigenvalue weighted by molar-refractivity contribution is -0.139. The number of hydrogen-bond donors (Lipinski definition) is 3. The predicted octanol–water partition coefficient (Wildman–Crippen LogP) is -2.30. The van der Waals surface area contributed by atoms with Crippen LogP contribution in [0, 0.1) is 0 Å². The Balaban J connectivity index is 5.22. The fraction of sp³-hybridized carbons (Fsp3) is 0.600. The van der Waals surface area contributed by atoms with Crippen LogP contribution in [0.2, 0.25) is 0 Å². The highest BCUT2D eigenvalue weighted by atomic mass is 31.2. The van der Waals surface area contributed by atoms with Crippen LogP contribution in [0.3, 0.4) is 0 Å². The minimum Gasteiger partial charge on any atom is -0.377 e. The molecule has 13 nitrogen and oxygen atoms in total. The van der Waals surface area contributed by atoms with Gasteiger partial charge in [0.05, 0.1) is 0 Å². The predicted molar refractivity (Wildman–Crippen MR) is 90.5 cm³/mol. The summed E-state index contributed by atoms with van der Waals surface area (Å²) in [4.78, 5) is 67.6. The summed E-state index contributed by atoms with van der Waals surface area (Å²) in [5.74, 6) is -6.61. The Morgan fingerprint density at radius 3 is 1.00 bits per heavy atom. The maximum atomic E-state index is 12.5. The van der Waals surface area contributed by atoms with Crippen molar-refractivity contribution in [1.29, 1.82) is 0 Å². The first-order valence-electron chi connectivity index (χ1n) is 7.89. The summed E-state index contributed by atoms with van der Waals surface area (Å²) < 4.78 is 26.1. The van der Waals surface area contributed by atoms with Gasteiger partial charge < -0.3 is 15.3 Å². The molecule has 0 aromatic carbocycles. The molecule has 0 aromatic heterocycles. The molecule has 0 saturated heterocycles. The number of aliphatic hydroxyl groups is 3. The number of aliphatic hydroxyl groups excluding tert-OH is 3. The number of Topliss-reactive ketones (excluding diaryl/α,β-unsaturated/α-hetero) is 6. The highest BCUT2D eigenvalue weighted by Crippen LogP contribution is 2.49. The van der Waals surface area contributed by atoms with E-state index >= 15 is 0 Å². The second-order valence-corrected chi connectivity index (χ2v) is 7.38. The first-order valence-corrected chi connectivity index (χ1v) is 9.35. The quantitative estimate of drug-likeness (QED) is 0.181. The van der Waals surface area contributed by atoms with Gasteiger partial charge in [0.1, 0.15) is 19.8 Å². The van der Waals surface area contributed by atoms with Gasteiger partial charge in [0.2, 0.25) is 0 Å². The third-order valence-corrected chi connectivity index (χ3v) is 4.50. The maximum Gasteiger partial charge on any atom is 0.476 e. The second-order valence-electron chi connectivity index (χ2n) is 5.71. The molecule has 0 radical (unpaired) electrons. The number of carbonyl (C=O) groups excluding carboxylic acids is 6. The standard InChI is InChI=1S/C15H21O13P/c1-7(16)13(22)10(19)4-26-29(25,27-5-11(20)14(23)8(2)17)28-6-12(21)15(24)9(3)18/h13-15,22-24H,4-6H2,1-3H3. The highest BCUT2D eigenvalue weighted by Gasteiger charge is 2.34. The second kappa shape index (κ2) is 11.9. The molecule has 3 N–H and O–H groups in total. The summed E-state index contributed by atoms with van der Waals surface area (Å²) in [6.45, 7) is -0.947. The molecule has 3 unspecified atom stereocenters. The Morgan fingerprint density at radius 1 is 0.621 bits per heavy atom. The van der Waals surface area contributed by atoms with Crippen molar-refractivity contribution in [2.45, 2.75) is 39.1 Å². The topological polar surface area (TPSA) is 208 Å². The zero-order valence-corrected chi connectivity index (χ0v) is 16.6. The Hall–Kier alpha value is -1.99. The SMILES string of the molecule is CC(=O)C(O)C(=O)COP(=O)(OCC(=O)C(O)C(C)=O)OCC(=O)C(O)C(C)=O. The van der Waals surface area contributed by atoms with Crippen LogP contribution in [0.25, 0.3) is 0 Å². The van der Waals surface area contributed by atoms with Crippen molar-refractivity contribution in [2.75, 3.05) is 19.8 Å². The van der Waals surface area contributed by atoms with E-state index < -0.39 is 80.7 Å². The number of carbonyl (C=O) groups is 6. The normalized spacial score (nSPS) is 16.2. The van der Waals surface area contributed by atoms with Gasteiger partial charge in [0, 0.05) is 0 Å². The summed E-state index contributed by atoms with van der Waals surface area (Å²) in [6.07, 6.45) is -6.32. The van der Waals surface area contributed by atoms with Crippen molar-refractivity contribution in [1.82, 2.24) is 0 Å². The van der Waals surface area contributed by atoms with E-state index in [0.717, 1.165) is 20.8 Å². The van der Waals surface area contributed by atoms with Gasteiger partial charge in [-0.05, 0) is 20.8 Å². The maximum absolute atomic E-state index is 12.5. The van der Waals surface area contributed by atoms with Gasteiger partial charge in [0.15, 0.2) is 53.0 Å². The summed E-state index contributed by atoms with van der Waals surface area (Å²) in [7, 11) is -4.92. The molecular weight excluding hydrogens is 419 g/mol. The molecule has 0 fully saturated rings. The van der Waals surface area contributed by atoms with Crippen LogP contribution < -0.4 is 0 Å². The largest absolute Gasteiger partial charge is 0.476 e. The Bertz CT molecular complexity index is 633. The third kappa shape index (κ3) is 9.37. The third-order valence-electron chi connectivity index (χ3n) is 3.16. The van der Waals surface area contributed by atoms with Crippen LogP contribution in [-0.2, 0) is 46.9 Å². The Labute approximate surface area is 164 Å². The van der Waals surface area contributed by atoms with E-state index in [-0.39, 0.29) is 0 Å². The molecule has 0 aliphatic heterocycles. The van der Waals surface area contributed by atoms with E-state index in [4.69, 9.17) is 0 Å². The average molecular weight is 440 g/mol. The molecule has 0 heterocycles. The number of phosphoric acid groups is 1. The van der Waals surface area contributed by atoms with Crippen LogP contribution in [-0.4, -0.2) is 88.2 Å². The first-order chi connectivity index (χ1) is 13.2. The van der Waals surface area contributed by atoms with Crippen molar-refractivity contribution in [2.24, 2.45) is 0 Å². The smallest absolute Gasteiger partial charge is 0.377 e. The number of hydrogen-bond acceptors (Lipinski definition) is 13. The minimum atomic E-state index is -4.92. The molecule has 0 aromatic rings. The van der Waals surface area contributed by atoms with Gasteiger partial charge in [-0.3, -0.25) is 42.3 Å². The van der Waals surface area contributed by atoms with Crippen molar-refractivity contribution < 1.29 is 62.2 Å². The van der Waals surface area contributed by atoms with Crippen LogP contribution in [0.1, 0.15) is 20.8 Å². The Morgan fingerprint density at radius 2 is 0.828 bits per heavy atom. The zero-order chi connectivity index (χ0) is 22.9. The van der Waals surface area contributed by atoms with Crippen molar-refractivity contribution in [3.8, 4) is 0 Å². The summed E-state index contributed by atoms with van der Waals surface area (Å²) >= 11 is 0. The van der Waals surface area contributed by atoms with Crippen LogP contribution >= 0.6 is 7.82 Å². The molecule has 0 bridgehead atoms.